The topological polar surface area (TPSA) is 16.1 Å². The van der Waals surface area contributed by atoms with Gasteiger partial charge in [-0.1, -0.05) is 153 Å². The van der Waals surface area contributed by atoms with Gasteiger partial charge in [-0.3, -0.25) is 0 Å². The van der Waals surface area contributed by atoms with Gasteiger partial charge in [0.15, 0.2) is 0 Å². The Hall–Kier alpha value is -6.25. The van der Waals surface area contributed by atoms with Crippen molar-refractivity contribution in [1.82, 2.24) is 4.98 Å². The minimum absolute atomic E-state index is 0.822. The van der Waals surface area contributed by atoms with Gasteiger partial charge < -0.3 is 4.90 Å². The molecule has 0 saturated heterocycles. The standard InChI is InChI=1S/C50H44N2/c1-6-9-10-11-15-26-47-38(8-3)29-31-48(51-47)37(7-2)28-27-35(4)39-30-32-49-46(33-39)43-23-17-16-21-41(43)36(5)52(49)50-34-40-20-13-12-14-22-42(40)44-24-18-19-25-45(44)50/h6-13,16-34H,4-5,14-15H2,1-3H3/b9-6-,11-10-,28-27-,37-7+,38-8-,47-26+. The average molecular weight is 673 g/mol. The van der Waals surface area contributed by atoms with Crippen molar-refractivity contribution in [1.29, 1.82) is 0 Å². The Morgan fingerprint density at radius 1 is 0.827 bits per heavy atom. The van der Waals surface area contributed by atoms with Crippen molar-refractivity contribution in [2.75, 3.05) is 4.90 Å². The molecule has 0 atom stereocenters. The molecule has 2 nitrogen and oxygen atoms in total. The van der Waals surface area contributed by atoms with E-state index in [1.807, 2.05) is 19.1 Å². The summed E-state index contributed by atoms with van der Waals surface area (Å²) in [5.74, 6) is 0. The smallest absolute Gasteiger partial charge is 0.0706 e. The number of hydrogen-bond acceptors (Lipinski definition) is 2. The molecule has 0 fully saturated rings. The minimum atomic E-state index is 0.822. The van der Waals surface area contributed by atoms with E-state index in [1.165, 1.54) is 26.8 Å². The van der Waals surface area contributed by atoms with E-state index in [2.05, 4.69) is 184 Å². The van der Waals surface area contributed by atoms with Crippen molar-refractivity contribution < 1.29 is 0 Å². The number of aromatic nitrogens is 1. The van der Waals surface area contributed by atoms with Crippen LogP contribution in [0.3, 0.4) is 0 Å². The van der Waals surface area contributed by atoms with E-state index in [0.717, 1.165) is 74.0 Å². The Kier molecular flexibility index (Phi) is 10.1. The lowest BCUT2D eigenvalue weighted by molar-refractivity contribution is 1.17. The normalized spacial score (nSPS) is 14.9. The fourth-order valence-corrected chi connectivity index (χ4v) is 7.16. The summed E-state index contributed by atoms with van der Waals surface area (Å²) >= 11 is 0. The number of pyridine rings is 1. The second-order valence-corrected chi connectivity index (χ2v) is 13.0. The first-order valence-electron chi connectivity index (χ1n) is 18.1. The Labute approximate surface area is 307 Å². The maximum absolute atomic E-state index is 5.05. The van der Waals surface area contributed by atoms with Crippen LogP contribution in [0.25, 0.3) is 63.0 Å². The van der Waals surface area contributed by atoms with Crippen LogP contribution >= 0.6 is 0 Å². The van der Waals surface area contributed by atoms with E-state index < -0.39 is 0 Å². The predicted octanol–water partition coefficient (Wildman–Crippen LogP) is 10.3. The van der Waals surface area contributed by atoms with Crippen LogP contribution in [0.1, 0.15) is 50.4 Å². The van der Waals surface area contributed by atoms with E-state index in [0.29, 0.717) is 0 Å². The summed E-state index contributed by atoms with van der Waals surface area (Å²) in [6.45, 7) is 15.3. The molecule has 1 aromatic heterocycles. The zero-order valence-electron chi connectivity index (χ0n) is 30.3. The summed E-state index contributed by atoms with van der Waals surface area (Å²) in [6.07, 6.45) is 29.6. The van der Waals surface area contributed by atoms with Crippen molar-refractivity contribution in [3.05, 3.63) is 191 Å². The molecule has 1 aliphatic carbocycles. The quantitative estimate of drug-likeness (QED) is 0.153. The number of rotatable bonds is 8. The molecule has 0 bridgehead atoms. The van der Waals surface area contributed by atoms with Gasteiger partial charge in [-0.15, -0.1) is 0 Å². The van der Waals surface area contributed by atoms with E-state index in [9.17, 15) is 0 Å². The molecule has 4 aromatic carbocycles. The van der Waals surface area contributed by atoms with Gasteiger partial charge >= 0.3 is 0 Å². The first-order valence-corrected chi connectivity index (χ1v) is 18.1. The van der Waals surface area contributed by atoms with E-state index >= 15 is 0 Å². The van der Waals surface area contributed by atoms with E-state index in [4.69, 9.17) is 4.98 Å². The van der Waals surface area contributed by atoms with Crippen LogP contribution in [0.15, 0.2) is 153 Å². The van der Waals surface area contributed by atoms with Gasteiger partial charge in [0.2, 0.25) is 0 Å². The predicted molar refractivity (Wildman–Crippen MR) is 227 cm³/mol. The molecule has 0 unspecified atom stereocenters. The molecule has 2 aliphatic rings. The molecule has 0 spiro atoms. The van der Waals surface area contributed by atoms with Gasteiger partial charge in [-0.05, 0) is 101 Å². The van der Waals surface area contributed by atoms with Crippen molar-refractivity contribution in [2.45, 2.75) is 33.6 Å². The highest BCUT2D eigenvalue weighted by molar-refractivity contribution is 6.09. The zero-order chi connectivity index (χ0) is 36.0. The van der Waals surface area contributed by atoms with Crippen LogP contribution in [-0.2, 0) is 0 Å². The Morgan fingerprint density at radius 3 is 2.44 bits per heavy atom. The number of hydrogen-bond donors (Lipinski definition) is 0. The van der Waals surface area contributed by atoms with Crippen molar-refractivity contribution in [3.63, 3.8) is 0 Å². The molecule has 0 amide bonds. The fourth-order valence-electron chi connectivity index (χ4n) is 7.16. The number of anilines is 2. The molecular weight excluding hydrogens is 629 g/mol. The lowest BCUT2D eigenvalue weighted by Gasteiger charge is -2.36. The molecule has 2 heteroatoms. The molecular formula is C50H44N2. The SMILES string of the molecule is C=C(/C=C\C(=C/C)c1ccc(=C/C)/c(=C\C/C=C\C=C/C)n1)c1ccc2c(c1)-c1ccccc1C(=C)N2c1cc2c(c3ccccc13)=CCC=CC=2. The summed E-state index contributed by atoms with van der Waals surface area (Å²) in [5.41, 5.74) is 10.7. The van der Waals surface area contributed by atoms with Gasteiger partial charge in [0.1, 0.15) is 0 Å². The highest BCUT2D eigenvalue weighted by Crippen LogP contribution is 2.49. The fraction of sp³-hybridized carbons (Fsp3) is 0.100. The maximum Gasteiger partial charge on any atom is 0.0706 e. The van der Waals surface area contributed by atoms with Gasteiger partial charge in [-0.2, -0.15) is 0 Å². The Morgan fingerprint density at radius 2 is 1.63 bits per heavy atom. The summed E-state index contributed by atoms with van der Waals surface area (Å²) in [6, 6.07) is 30.6. The summed E-state index contributed by atoms with van der Waals surface area (Å²) in [4.78, 5) is 7.40. The summed E-state index contributed by atoms with van der Waals surface area (Å²) < 4.78 is 0. The van der Waals surface area contributed by atoms with Crippen molar-refractivity contribution >= 4 is 63.3 Å². The maximum atomic E-state index is 5.05. The second kappa shape index (κ2) is 15.3. The highest BCUT2D eigenvalue weighted by atomic mass is 15.2. The summed E-state index contributed by atoms with van der Waals surface area (Å²) in [5, 5.41) is 7.08. The van der Waals surface area contributed by atoms with Crippen LogP contribution in [0, 0.1) is 0 Å². The molecule has 7 rings (SSSR count). The Balaban J connectivity index is 1.27. The first kappa shape index (κ1) is 34.2. The minimum Gasteiger partial charge on any atom is -0.309 e. The largest absolute Gasteiger partial charge is 0.309 e. The van der Waals surface area contributed by atoms with Gasteiger partial charge in [0, 0.05) is 22.2 Å². The molecule has 5 aromatic rings. The van der Waals surface area contributed by atoms with Crippen LogP contribution in [0.5, 0.6) is 0 Å². The van der Waals surface area contributed by atoms with Gasteiger partial charge in [0.05, 0.1) is 22.4 Å². The van der Waals surface area contributed by atoms with Crippen LogP contribution in [0.4, 0.5) is 11.4 Å². The number of allylic oxidation sites excluding steroid dienone is 11. The number of fused-ring (bicyclic) bond motifs is 6. The van der Waals surface area contributed by atoms with Gasteiger partial charge in [0.25, 0.3) is 0 Å². The first-order chi connectivity index (χ1) is 25.5. The van der Waals surface area contributed by atoms with Gasteiger partial charge in [-0.25, -0.2) is 4.98 Å². The molecule has 254 valence electrons. The average Bonchev–Trinajstić information content (AvgIpc) is 3.44. The number of nitrogens with zero attached hydrogens (tertiary/aromatic N) is 2. The third-order valence-corrected chi connectivity index (χ3v) is 9.84. The van der Waals surface area contributed by atoms with Crippen molar-refractivity contribution in [2.24, 2.45) is 0 Å². The van der Waals surface area contributed by atoms with Crippen LogP contribution in [0.2, 0.25) is 0 Å². The molecule has 1 aliphatic heterocycles. The monoisotopic (exact) mass is 672 g/mol. The van der Waals surface area contributed by atoms with Crippen LogP contribution in [-0.4, -0.2) is 4.98 Å². The van der Waals surface area contributed by atoms with Crippen LogP contribution < -0.4 is 25.9 Å². The summed E-state index contributed by atoms with van der Waals surface area (Å²) in [7, 11) is 0. The molecule has 2 heterocycles. The highest BCUT2D eigenvalue weighted by Gasteiger charge is 2.28. The third-order valence-electron chi connectivity index (χ3n) is 9.84. The zero-order valence-corrected chi connectivity index (χ0v) is 30.3. The molecule has 0 N–H and O–H groups in total. The van der Waals surface area contributed by atoms with E-state index in [-0.39, 0.29) is 0 Å². The molecule has 0 radical (unpaired) electrons. The Bertz CT molecular complexity index is 2640. The van der Waals surface area contributed by atoms with E-state index in [1.54, 1.807) is 0 Å². The number of benzene rings is 4. The van der Waals surface area contributed by atoms with Crippen molar-refractivity contribution in [3.8, 4) is 11.1 Å². The second-order valence-electron chi connectivity index (χ2n) is 13.0. The third kappa shape index (κ3) is 6.64. The lowest BCUT2D eigenvalue weighted by atomic mass is 9.88. The lowest BCUT2D eigenvalue weighted by Crippen LogP contribution is -2.28. The molecule has 52 heavy (non-hydrogen) atoms. The molecule has 0 saturated carbocycles.